The van der Waals surface area contributed by atoms with Gasteiger partial charge in [-0.3, -0.25) is 4.79 Å². The Morgan fingerprint density at radius 1 is 1.33 bits per heavy atom. The van der Waals surface area contributed by atoms with Gasteiger partial charge in [0.05, 0.1) is 12.1 Å². The molecule has 2 heterocycles. The summed E-state index contributed by atoms with van der Waals surface area (Å²) in [6.07, 6.45) is 0. The van der Waals surface area contributed by atoms with Gasteiger partial charge in [0.1, 0.15) is 0 Å². The lowest BCUT2D eigenvalue weighted by molar-refractivity contribution is 0.0827. The van der Waals surface area contributed by atoms with Gasteiger partial charge in [-0.1, -0.05) is 5.16 Å². The van der Waals surface area contributed by atoms with Crippen molar-refractivity contribution in [2.45, 2.75) is 13.5 Å². The third-order valence-electron chi connectivity index (χ3n) is 3.55. The zero-order valence-electron chi connectivity index (χ0n) is 13.7. The van der Waals surface area contributed by atoms with Crippen LogP contribution in [0, 0.1) is 6.92 Å². The van der Waals surface area contributed by atoms with Crippen molar-refractivity contribution in [3.8, 4) is 11.5 Å². The van der Waals surface area contributed by atoms with Gasteiger partial charge in [-0.25, -0.2) is 0 Å². The number of aryl methyl sites for hydroxylation is 1. The predicted molar refractivity (Wildman–Crippen MR) is 94.1 cm³/mol. The van der Waals surface area contributed by atoms with Crippen molar-refractivity contribution >= 4 is 22.9 Å². The van der Waals surface area contributed by atoms with Crippen LogP contribution in [0.2, 0.25) is 0 Å². The van der Waals surface area contributed by atoms with Crippen LogP contribution < -0.4 is 5.32 Å². The lowest BCUT2D eigenvalue weighted by Gasteiger charge is -2.13. The molecule has 2 aromatic heterocycles. The Kier molecular flexibility index (Phi) is 4.61. The van der Waals surface area contributed by atoms with Crippen LogP contribution >= 0.6 is 11.3 Å². The number of thiophene rings is 1. The number of aromatic nitrogens is 2. The number of hydrogen-bond acceptors (Lipinski definition) is 6. The van der Waals surface area contributed by atoms with E-state index in [2.05, 4.69) is 15.5 Å². The molecule has 0 fully saturated rings. The monoisotopic (exact) mass is 342 g/mol. The first-order chi connectivity index (χ1) is 11.5. The van der Waals surface area contributed by atoms with E-state index in [1.165, 1.54) is 0 Å². The molecule has 24 heavy (non-hydrogen) atoms. The number of anilines is 1. The molecule has 6 nitrogen and oxygen atoms in total. The van der Waals surface area contributed by atoms with Crippen molar-refractivity contribution < 1.29 is 9.32 Å². The largest absolute Gasteiger partial charge is 0.378 e. The van der Waals surface area contributed by atoms with Gasteiger partial charge < -0.3 is 14.7 Å². The average Bonchev–Trinajstić information content (AvgIpc) is 3.23. The van der Waals surface area contributed by atoms with Crippen LogP contribution in [0.4, 0.5) is 5.69 Å². The molecule has 0 saturated carbocycles. The Labute approximate surface area is 144 Å². The Morgan fingerprint density at radius 3 is 2.83 bits per heavy atom. The van der Waals surface area contributed by atoms with Gasteiger partial charge in [-0.15, -0.1) is 0 Å². The van der Waals surface area contributed by atoms with E-state index in [0.29, 0.717) is 23.8 Å². The number of benzene rings is 1. The van der Waals surface area contributed by atoms with E-state index >= 15 is 0 Å². The fourth-order valence-electron chi connectivity index (χ4n) is 2.26. The highest BCUT2D eigenvalue weighted by Crippen LogP contribution is 2.21. The maximum Gasteiger partial charge on any atom is 0.258 e. The number of amides is 1. The average molecular weight is 342 g/mol. The van der Waals surface area contributed by atoms with Gasteiger partial charge in [0.2, 0.25) is 0 Å². The number of carbonyl (C=O) groups is 1. The molecule has 1 N–H and O–H groups in total. The Bertz CT molecular complexity index is 840. The molecular weight excluding hydrogens is 324 g/mol. The van der Waals surface area contributed by atoms with E-state index < -0.39 is 0 Å². The van der Waals surface area contributed by atoms with Gasteiger partial charge in [0, 0.05) is 30.7 Å². The van der Waals surface area contributed by atoms with Crippen molar-refractivity contribution in [1.29, 1.82) is 0 Å². The molecule has 0 aliphatic carbocycles. The number of nitrogens with zero attached hydrogens (tertiary/aromatic N) is 3. The Balaban J connectivity index is 1.67. The molecule has 0 spiro atoms. The summed E-state index contributed by atoms with van der Waals surface area (Å²) >= 11 is 1.59. The molecule has 0 atom stereocenters. The van der Waals surface area contributed by atoms with Gasteiger partial charge in [0.15, 0.2) is 5.82 Å². The molecular formula is C17H18N4O2S. The second-order valence-corrected chi connectivity index (χ2v) is 6.39. The first kappa shape index (κ1) is 16.2. The van der Waals surface area contributed by atoms with Gasteiger partial charge >= 0.3 is 0 Å². The summed E-state index contributed by atoms with van der Waals surface area (Å²) in [6, 6.07) is 7.59. The summed E-state index contributed by atoms with van der Waals surface area (Å²) in [5.74, 6) is 1.11. The molecule has 7 heteroatoms. The zero-order chi connectivity index (χ0) is 17.1. The summed E-state index contributed by atoms with van der Waals surface area (Å²) in [5.41, 5.74) is 3.46. The Morgan fingerprint density at radius 2 is 2.17 bits per heavy atom. The van der Waals surface area contributed by atoms with Crippen LogP contribution in [0.1, 0.15) is 21.7 Å². The quantitative estimate of drug-likeness (QED) is 0.769. The molecule has 3 rings (SSSR count). The van der Waals surface area contributed by atoms with E-state index in [4.69, 9.17) is 4.52 Å². The first-order valence-electron chi connectivity index (χ1n) is 7.46. The minimum atomic E-state index is -0.00220. The van der Waals surface area contributed by atoms with Crippen LogP contribution in [-0.2, 0) is 6.54 Å². The van der Waals surface area contributed by atoms with Crippen LogP contribution in [0.5, 0.6) is 0 Å². The molecule has 1 aromatic carbocycles. The number of nitrogens with one attached hydrogen (secondary N) is 1. The smallest absolute Gasteiger partial charge is 0.258 e. The molecule has 1 amide bonds. The lowest BCUT2D eigenvalue weighted by atomic mass is 10.1. The fourth-order valence-corrected chi connectivity index (χ4v) is 2.89. The summed E-state index contributed by atoms with van der Waals surface area (Å²) in [4.78, 5) is 18.0. The fraction of sp³-hybridized carbons (Fsp3) is 0.235. The van der Waals surface area contributed by atoms with Crippen molar-refractivity contribution in [3.63, 3.8) is 0 Å². The van der Waals surface area contributed by atoms with Gasteiger partial charge in [0.25, 0.3) is 11.8 Å². The van der Waals surface area contributed by atoms with E-state index in [1.807, 2.05) is 41.9 Å². The predicted octanol–water partition coefficient (Wildman–Crippen LogP) is 3.42. The molecule has 0 aliphatic heterocycles. The molecule has 0 unspecified atom stereocenters. The summed E-state index contributed by atoms with van der Waals surface area (Å²) in [5, 5.41) is 11.2. The highest BCUT2D eigenvalue weighted by molar-refractivity contribution is 7.08. The van der Waals surface area contributed by atoms with Gasteiger partial charge in [-0.05, 0) is 42.1 Å². The number of carbonyl (C=O) groups excluding carboxylic acids is 1. The van der Waals surface area contributed by atoms with Crippen LogP contribution in [0.15, 0.2) is 39.5 Å². The maximum atomic E-state index is 12.0. The lowest BCUT2D eigenvalue weighted by Crippen LogP contribution is -2.22. The van der Waals surface area contributed by atoms with E-state index in [0.717, 1.165) is 16.8 Å². The van der Waals surface area contributed by atoms with E-state index in [-0.39, 0.29) is 5.91 Å². The minimum absolute atomic E-state index is 0.00220. The van der Waals surface area contributed by atoms with Crippen molar-refractivity contribution in [2.75, 3.05) is 19.4 Å². The van der Waals surface area contributed by atoms with Crippen LogP contribution in [0.3, 0.4) is 0 Å². The highest BCUT2D eigenvalue weighted by Gasteiger charge is 2.12. The Hall–Kier alpha value is -2.67. The topological polar surface area (TPSA) is 71.3 Å². The van der Waals surface area contributed by atoms with E-state index in [9.17, 15) is 4.79 Å². The molecule has 0 saturated heterocycles. The third-order valence-corrected chi connectivity index (χ3v) is 4.23. The van der Waals surface area contributed by atoms with Crippen LogP contribution in [-0.4, -0.2) is 35.0 Å². The second-order valence-electron chi connectivity index (χ2n) is 5.61. The number of hydrogen-bond donors (Lipinski definition) is 1. The summed E-state index contributed by atoms with van der Waals surface area (Å²) in [6.45, 7) is 2.37. The first-order valence-corrected chi connectivity index (χ1v) is 8.40. The normalized spacial score (nSPS) is 10.6. The molecule has 3 aromatic rings. The maximum absolute atomic E-state index is 12.0. The van der Waals surface area contributed by atoms with Gasteiger partial charge in [-0.2, -0.15) is 16.3 Å². The molecule has 124 valence electrons. The molecule has 0 bridgehead atoms. The second kappa shape index (κ2) is 6.84. The van der Waals surface area contributed by atoms with Crippen LogP contribution in [0.25, 0.3) is 11.5 Å². The third kappa shape index (κ3) is 3.46. The molecule has 0 radical (unpaired) electrons. The minimum Gasteiger partial charge on any atom is -0.378 e. The summed E-state index contributed by atoms with van der Waals surface area (Å²) in [7, 11) is 3.49. The van der Waals surface area contributed by atoms with E-state index in [1.54, 1.807) is 30.3 Å². The summed E-state index contributed by atoms with van der Waals surface area (Å²) < 4.78 is 5.25. The van der Waals surface area contributed by atoms with Crippen molar-refractivity contribution in [1.82, 2.24) is 15.0 Å². The SMILES string of the molecule is Cc1cc(NCc2noc(-c3ccsc3)n2)ccc1C(=O)N(C)C. The van der Waals surface area contributed by atoms with Crippen molar-refractivity contribution in [2.24, 2.45) is 0 Å². The molecule has 0 aliphatic rings. The highest BCUT2D eigenvalue weighted by atomic mass is 32.1. The number of rotatable bonds is 5. The zero-order valence-corrected chi connectivity index (χ0v) is 14.6. The standard InChI is InChI=1S/C17H18N4O2S/c1-11-8-13(4-5-14(11)17(22)21(2)3)18-9-15-19-16(23-20-15)12-6-7-24-10-12/h4-8,10,18H,9H2,1-3H3. The van der Waals surface area contributed by atoms with Crippen molar-refractivity contribution in [3.05, 3.63) is 52.0 Å².